The first-order valence-corrected chi connectivity index (χ1v) is 10.4. The number of likely N-dealkylation sites (tertiary alicyclic amines) is 1. The van der Waals surface area contributed by atoms with Crippen molar-refractivity contribution in [1.82, 2.24) is 15.2 Å². The van der Waals surface area contributed by atoms with E-state index in [0.29, 0.717) is 42.5 Å². The molecule has 7 nitrogen and oxygen atoms in total. The number of methoxy groups -OCH3 is 1. The van der Waals surface area contributed by atoms with Crippen LogP contribution >= 0.6 is 11.6 Å². The van der Waals surface area contributed by atoms with E-state index in [1.807, 2.05) is 25.1 Å². The Labute approximate surface area is 181 Å². The number of nitrogens with zero attached hydrogens (tertiary/aromatic N) is 2. The van der Waals surface area contributed by atoms with Gasteiger partial charge in [0, 0.05) is 49.1 Å². The van der Waals surface area contributed by atoms with E-state index in [-0.39, 0.29) is 17.9 Å². The highest BCUT2D eigenvalue weighted by Crippen LogP contribution is 2.30. The third-order valence-corrected chi connectivity index (χ3v) is 5.38. The Morgan fingerprint density at radius 3 is 2.70 bits per heavy atom. The van der Waals surface area contributed by atoms with Gasteiger partial charge in [-0.05, 0) is 50.1 Å². The van der Waals surface area contributed by atoms with Crippen LogP contribution in [0.4, 0.5) is 10.5 Å². The molecule has 0 radical (unpaired) electrons. The van der Waals surface area contributed by atoms with Crippen LogP contribution in [0.25, 0.3) is 0 Å². The molecule has 2 heterocycles. The Balaban J connectivity index is 1.63. The van der Waals surface area contributed by atoms with Crippen LogP contribution in [0.5, 0.6) is 0 Å². The van der Waals surface area contributed by atoms with Gasteiger partial charge in [-0.25, -0.2) is 4.79 Å². The third-order valence-electron chi connectivity index (χ3n) is 5.15. The molecule has 0 aliphatic carbocycles. The summed E-state index contributed by atoms with van der Waals surface area (Å²) in [4.78, 5) is 31.6. The Morgan fingerprint density at radius 2 is 2.00 bits per heavy atom. The summed E-state index contributed by atoms with van der Waals surface area (Å²) in [6.07, 6.45) is 1.50. The average Bonchev–Trinajstić information content (AvgIpc) is 2.74. The van der Waals surface area contributed by atoms with Crippen molar-refractivity contribution in [3.05, 3.63) is 58.4 Å². The van der Waals surface area contributed by atoms with Crippen LogP contribution in [0.15, 0.2) is 36.4 Å². The molecule has 0 unspecified atom stereocenters. The summed E-state index contributed by atoms with van der Waals surface area (Å²) in [7, 11) is 1.60. The quantitative estimate of drug-likeness (QED) is 0.682. The molecule has 0 bridgehead atoms. The molecular formula is C22H27ClN4O3. The van der Waals surface area contributed by atoms with E-state index in [1.165, 1.54) is 0 Å². The van der Waals surface area contributed by atoms with Crippen molar-refractivity contribution in [3.8, 4) is 0 Å². The molecule has 1 saturated heterocycles. The minimum Gasteiger partial charge on any atom is -0.383 e. The van der Waals surface area contributed by atoms with Crippen molar-refractivity contribution in [2.45, 2.75) is 25.7 Å². The smallest absolute Gasteiger partial charge is 0.321 e. The number of carbonyl (C=O) groups is 2. The van der Waals surface area contributed by atoms with Gasteiger partial charge in [0.25, 0.3) is 5.91 Å². The number of benzene rings is 1. The highest BCUT2D eigenvalue weighted by Gasteiger charge is 2.28. The van der Waals surface area contributed by atoms with Crippen molar-refractivity contribution < 1.29 is 14.3 Å². The number of ether oxygens (including phenoxy) is 1. The van der Waals surface area contributed by atoms with E-state index in [9.17, 15) is 9.59 Å². The molecule has 160 valence electrons. The predicted molar refractivity (Wildman–Crippen MR) is 117 cm³/mol. The van der Waals surface area contributed by atoms with E-state index >= 15 is 0 Å². The minimum absolute atomic E-state index is 0.128. The van der Waals surface area contributed by atoms with E-state index in [0.717, 1.165) is 24.2 Å². The zero-order valence-corrected chi connectivity index (χ0v) is 18.0. The van der Waals surface area contributed by atoms with Crippen molar-refractivity contribution in [1.29, 1.82) is 0 Å². The number of amides is 3. The van der Waals surface area contributed by atoms with Crippen LogP contribution in [0, 0.1) is 6.92 Å². The van der Waals surface area contributed by atoms with Gasteiger partial charge in [-0.1, -0.05) is 17.7 Å². The number of nitrogens with one attached hydrogen (secondary N) is 2. The number of aromatic nitrogens is 1. The first-order chi connectivity index (χ1) is 14.5. The van der Waals surface area contributed by atoms with Gasteiger partial charge in [0.2, 0.25) is 0 Å². The van der Waals surface area contributed by atoms with Gasteiger partial charge in [0.05, 0.1) is 17.9 Å². The van der Waals surface area contributed by atoms with Crippen molar-refractivity contribution in [2.75, 3.05) is 38.7 Å². The Morgan fingerprint density at radius 1 is 1.23 bits per heavy atom. The van der Waals surface area contributed by atoms with E-state index in [2.05, 4.69) is 15.6 Å². The van der Waals surface area contributed by atoms with E-state index in [4.69, 9.17) is 16.3 Å². The maximum atomic E-state index is 12.6. The molecule has 1 aromatic heterocycles. The zero-order chi connectivity index (χ0) is 21.5. The second-order valence-electron chi connectivity index (χ2n) is 7.34. The fraction of sp³-hybridized carbons (Fsp3) is 0.409. The van der Waals surface area contributed by atoms with Crippen LogP contribution in [0.1, 0.15) is 40.5 Å². The predicted octanol–water partition coefficient (Wildman–Crippen LogP) is 3.83. The fourth-order valence-corrected chi connectivity index (χ4v) is 3.76. The molecule has 3 rings (SSSR count). The molecular weight excluding hydrogens is 404 g/mol. The van der Waals surface area contributed by atoms with Crippen LogP contribution in [-0.4, -0.2) is 55.2 Å². The molecule has 2 N–H and O–H groups in total. The number of aryl methyl sites for hydroxylation is 1. The standard InChI is InChI=1S/C22H27ClN4O3/c1-15-6-7-19(21(28)24-10-13-30-2)20(25-15)16-8-11-27(12-9-16)22(29)26-18-5-3-4-17(23)14-18/h3-7,14,16H,8-13H2,1-2H3,(H,24,28)(H,26,29). The van der Waals surface area contributed by atoms with Crippen molar-refractivity contribution >= 4 is 29.2 Å². The fourth-order valence-electron chi connectivity index (χ4n) is 3.57. The summed E-state index contributed by atoms with van der Waals surface area (Å²) >= 11 is 5.98. The second-order valence-corrected chi connectivity index (χ2v) is 7.77. The third kappa shape index (κ3) is 5.70. The second kappa shape index (κ2) is 10.4. The summed E-state index contributed by atoms with van der Waals surface area (Å²) < 4.78 is 5.00. The summed E-state index contributed by atoms with van der Waals surface area (Å²) in [5.74, 6) is -0.0148. The first-order valence-electron chi connectivity index (χ1n) is 10.0. The van der Waals surface area contributed by atoms with Crippen LogP contribution in [0.3, 0.4) is 0 Å². The van der Waals surface area contributed by atoms with Gasteiger partial charge >= 0.3 is 6.03 Å². The van der Waals surface area contributed by atoms with Crippen molar-refractivity contribution in [2.24, 2.45) is 0 Å². The molecule has 0 saturated carbocycles. The van der Waals surface area contributed by atoms with Crippen LogP contribution in [-0.2, 0) is 4.74 Å². The van der Waals surface area contributed by atoms with Gasteiger partial charge < -0.3 is 20.3 Å². The summed E-state index contributed by atoms with van der Waals surface area (Å²) in [6.45, 7) is 4.02. The number of hydrogen-bond acceptors (Lipinski definition) is 4. The van der Waals surface area contributed by atoms with Gasteiger partial charge in [-0.2, -0.15) is 0 Å². The zero-order valence-electron chi connectivity index (χ0n) is 17.3. The van der Waals surface area contributed by atoms with E-state index in [1.54, 1.807) is 30.2 Å². The van der Waals surface area contributed by atoms with Gasteiger partial charge in [-0.3, -0.25) is 9.78 Å². The van der Waals surface area contributed by atoms with E-state index < -0.39 is 0 Å². The summed E-state index contributed by atoms with van der Waals surface area (Å²) in [5, 5.41) is 6.33. The minimum atomic E-state index is -0.148. The molecule has 0 spiro atoms. The molecule has 30 heavy (non-hydrogen) atoms. The lowest BCUT2D eigenvalue weighted by atomic mass is 9.90. The number of urea groups is 1. The molecule has 1 fully saturated rings. The Bertz CT molecular complexity index is 898. The Hall–Kier alpha value is -2.64. The van der Waals surface area contributed by atoms with Gasteiger partial charge in [0.1, 0.15) is 0 Å². The number of anilines is 1. The number of rotatable bonds is 6. The maximum absolute atomic E-state index is 12.6. The monoisotopic (exact) mass is 430 g/mol. The lowest BCUT2D eigenvalue weighted by Gasteiger charge is -2.32. The molecule has 3 amide bonds. The topological polar surface area (TPSA) is 83.6 Å². The number of carbonyl (C=O) groups excluding carboxylic acids is 2. The number of halogens is 1. The molecule has 2 aromatic rings. The van der Waals surface area contributed by atoms with Crippen LogP contribution < -0.4 is 10.6 Å². The molecule has 1 aromatic carbocycles. The van der Waals surface area contributed by atoms with Gasteiger partial charge in [-0.15, -0.1) is 0 Å². The normalized spacial score (nSPS) is 14.4. The number of pyridine rings is 1. The highest BCUT2D eigenvalue weighted by atomic mass is 35.5. The molecule has 1 aliphatic rings. The SMILES string of the molecule is COCCNC(=O)c1ccc(C)nc1C1CCN(C(=O)Nc2cccc(Cl)c2)CC1. The lowest BCUT2D eigenvalue weighted by molar-refractivity contribution is 0.0934. The molecule has 0 atom stereocenters. The lowest BCUT2D eigenvalue weighted by Crippen LogP contribution is -2.41. The van der Waals surface area contributed by atoms with Crippen LogP contribution in [0.2, 0.25) is 5.02 Å². The van der Waals surface area contributed by atoms with Crippen molar-refractivity contribution in [3.63, 3.8) is 0 Å². The average molecular weight is 431 g/mol. The summed E-state index contributed by atoms with van der Waals surface area (Å²) in [5.41, 5.74) is 2.95. The molecule has 1 aliphatic heterocycles. The number of hydrogen-bond donors (Lipinski definition) is 2. The van der Waals surface area contributed by atoms with Gasteiger partial charge in [0.15, 0.2) is 0 Å². The maximum Gasteiger partial charge on any atom is 0.321 e. The largest absolute Gasteiger partial charge is 0.383 e. The highest BCUT2D eigenvalue weighted by molar-refractivity contribution is 6.30. The summed E-state index contributed by atoms with van der Waals surface area (Å²) in [6, 6.07) is 10.6. The molecule has 8 heteroatoms. The first kappa shape index (κ1) is 22.1. The number of piperidine rings is 1. The Kier molecular flexibility index (Phi) is 7.65.